The maximum absolute atomic E-state index is 11.7. The minimum absolute atomic E-state index is 0.357. The second kappa shape index (κ2) is 8.71. The molecule has 2 N–H and O–H groups in total. The number of rotatable bonds is 6. The summed E-state index contributed by atoms with van der Waals surface area (Å²) in [5.41, 5.74) is 3.09. The van der Waals surface area contributed by atoms with Gasteiger partial charge in [0.1, 0.15) is 5.82 Å². The van der Waals surface area contributed by atoms with E-state index in [1.165, 1.54) is 12.7 Å². The molecule has 0 amide bonds. The van der Waals surface area contributed by atoms with Crippen LogP contribution in [0.15, 0.2) is 54.7 Å². The molecule has 0 aliphatic rings. The molecule has 1 heterocycles. The number of hydrogen-bond acceptors (Lipinski definition) is 6. The number of para-hydroxylation sites is 1. The quantitative estimate of drug-likeness (QED) is 0.533. The highest BCUT2D eigenvalue weighted by molar-refractivity contribution is 6.33. The molecule has 2 aromatic carbocycles. The zero-order valence-electron chi connectivity index (χ0n) is 15.9. The fraction of sp³-hybridized carbons (Fsp3) is 0.190. The van der Waals surface area contributed by atoms with Gasteiger partial charge in [-0.05, 0) is 41.8 Å². The van der Waals surface area contributed by atoms with Crippen LogP contribution in [0.25, 0.3) is 0 Å². The van der Waals surface area contributed by atoms with Crippen molar-refractivity contribution < 1.29 is 9.53 Å². The van der Waals surface area contributed by atoms with Crippen LogP contribution < -0.4 is 10.6 Å². The number of nitrogens with one attached hydrogen (secondary N) is 2. The molecular formula is C21H21ClN4O2. The predicted octanol–water partition coefficient (Wildman–Crippen LogP) is 5.53. The number of ether oxygens (including phenoxy) is 1. The summed E-state index contributed by atoms with van der Waals surface area (Å²) >= 11 is 6.23. The van der Waals surface area contributed by atoms with E-state index < -0.39 is 5.97 Å². The Balaban J connectivity index is 1.84. The summed E-state index contributed by atoms with van der Waals surface area (Å²) in [5.74, 6) is 0.936. The van der Waals surface area contributed by atoms with E-state index in [1.54, 1.807) is 30.5 Å². The SMILES string of the molecule is COC(=O)c1ccc(Cl)c(Nc2nccc(Nc3ccccc3C(C)C)n2)c1. The molecule has 0 aliphatic carbocycles. The Kier molecular flexibility index (Phi) is 6.11. The normalized spacial score (nSPS) is 10.6. The summed E-state index contributed by atoms with van der Waals surface area (Å²) in [4.78, 5) is 20.5. The fourth-order valence-corrected chi connectivity index (χ4v) is 2.89. The lowest BCUT2D eigenvalue weighted by Gasteiger charge is -2.14. The second-order valence-electron chi connectivity index (χ2n) is 6.44. The lowest BCUT2D eigenvalue weighted by Crippen LogP contribution is -2.05. The van der Waals surface area contributed by atoms with E-state index in [0.717, 1.165) is 5.69 Å². The molecule has 1 aromatic heterocycles. The Labute approximate surface area is 168 Å². The van der Waals surface area contributed by atoms with Gasteiger partial charge in [-0.2, -0.15) is 4.98 Å². The average molecular weight is 397 g/mol. The van der Waals surface area contributed by atoms with E-state index in [9.17, 15) is 4.79 Å². The van der Waals surface area contributed by atoms with Crippen molar-refractivity contribution >= 4 is 40.7 Å². The van der Waals surface area contributed by atoms with Crippen LogP contribution in [0.3, 0.4) is 0 Å². The second-order valence-corrected chi connectivity index (χ2v) is 6.85. The van der Waals surface area contributed by atoms with Gasteiger partial charge in [0.05, 0.1) is 23.4 Å². The van der Waals surface area contributed by atoms with Gasteiger partial charge in [0.25, 0.3) is 0 Å². The van der Waals surface area contributed by atoms with Crippen LogP contribution in [0, 0.1) is 0 Å². The summed E-state index contributed by atoms with van der Waals surface area (Å²) in [7, 11) is 1.33. The van der Waals surface area contributed by atoms with E-state index in [1.807, 2.05) is 18.2 Å². The Hall–Kier alpha value is -3.12. The third kappa shape index (κ3) is 4.58. The highest BCUT2D eigenvalue weighted by atomic mass is 35.5. The third-order valence-corrected chi connectivity index (χ3v) is 4.46. The van der Waals surface area contributed by atoms with Gasteiger partial charge in [0.2, 0.25) is 5.95 Å². The molecule has 3 rings (SSSR count). The fourth-order valence-electron chi connectivity index (χ4n) is 2.73. The van der Waals surface area contributed by atoms with Crippen molar-refractivity contribution in [3.63, 3.8) is 0 Å². The minimum atomic E-state index is -0.443. The zero-order chi connectivity index (χ0) is 20.1. The van der Waals surface area contributed by atoms with Crippen molar-refractivity contribution in [3.05, 3.63) is 70.9 Å². The molecule has 0 atom stereocenters. The van der Waals surface area contributed by atoms with Crippen molar-refractivity contribution in [1.29, 1.82) is 0 Å². The van der Waals surface area contributed by atoms with E-state index in [-0.39, 0.29) is 0 Å². The zero-order valence-corrected chi connectivity index (χ0v) is 16.6. The lowest BCUT2D eigenvalue weighted by atomic mass is 10.0. The maximum Gasteiger partial charge on any atom is 0.337 e. The van der Waals surface area contributed by atoms with Gasteiger partial charge in [-0.15, -0.1) is 0 Å². The van der Waals surface area contributed by atoms with Crippen LogP contribution in [0.4, 0.5) is 23.1 Å². The molecule has 0 bridgehead atoms. The molecule has 0 spiro atoms. The Bertz CT molecular complexity index is 992. The van der Waals surface area contributed by atoms with E-state index in [2.05, 4.69) is 40.5 Å². The first-order chi connectivity index (χ1) is 13.5. The van der Waals surface area contributed by atoms with Crippen molar-refractivity contribution in [2.45, 2.75) is 19.8 Å². The number of halogens is 1. The average Bonchev–Trinajstić information content (AvgIpc) is 2.69. The number of carbonyl (C=O) groups is 1. The molecule has 144 valence electrons. The molecule has 0 aliphatic heterocycles. The smallest absolute Gasteiger partial charge is 0.337 e. The van der Waals surface area contributed by atoms with Crippen LogP contribution in [0.5, 0.6) is 0 Å². The largest absolute Gasteiger partial charge is 0.465 e. The van der Waals surface area contributed by atoms with Gasteiger partial charge >= 0.3 is 5.97 Å². The number of esters is 1. The van der Waals surface area contributed by atoms with Gasteiger partial charge in [-0.3, -0.25) is 0 Å². The number of carbonyl (C=O) groups excluding carboxylic acids is 1. The Morgan fingerprint density at radius 2 is 1.86 bits per heavy atom. The molecular weight excluding hydrogens is 376 g/mol. The summed E-state index contributed by atoms with van der Waals surface area (Å²) in [6.45, 7) is 4.29. The number of hydrogen-bond donors (Lipinski definition) is 2. The standard InChI is InChI=1S/C21H21ClN4O2/c1-13(2)15-6-4-5-7-17(15)24-19-10-11-23-21(26-19)25-18-12-14(20(27)28-3)8-9-16(18)22/h4-13H,1-3H3,(H2,23,24,25,26). The predicted molar refractivity (Wildman–Crippen MR) is 112 cm³/mol. The third-order valence-electron chi connectivity index (χ3n) is 4.14. The molecule has 3 aromatic rings. The van der Waals surface area contributed by atoms with Crippen molar-refractivity contribution in [1.82, 2.24) is 9.97 Å². The highest BCUT2D eigenvalue weighted by Gasteiger charge is 2.11. The number of anilines is 4. The van der Waals surface area contributed by atoms with Crippen molar-refractivity contribution in [2.75, 3.05) is 17.7 Å². The molecule has 0 radical (unpaired) electrons. The summed E-state index contributed by atoms with van der Waals surface area (Å²) < 4.78 is 4.75. The van der Waals surface area contributed by atoms with Gasteiger partial charge in [-0.25, -0.2) is 9.78 Å². The highest BCUT2D eigenvalue weighted by Crippen LogP contribution is 2.28. The Morgan fingerprint density at radius 1 is 1.07 bits per heavy atom. The van der Waals surface area contributed by atoms with Crippen molar-refractivity contribution in [2.24, 2.45) is 0 Å². The maximum atomic E-state index is 11.7. The molecule has 0 saturated carbocycles. The van der Waals surface area contributed by atoms with Gasteiger partial charge in [-0.1, -0.05) is 43.6 Å². The molecule has 6 nitrogen and oxygen atoms in total. The molecule has 0 fully saturated rings. The topological polar surface area (TPSA) is 76.1 Å². The molecule has 0 saturated heterocycles. The van der Waals surface area contributed by atoms with Crippen LogP contribution in [-0.2, 0) is 4.74 Å². The van der Waals surface area contributed by atoms with Gasteiger partial charge in [0, 0.05) is 11.9 Å². The number of aromatic nitrogens is 2. The minimum Gasteiger partial charge on any atom is -0.465 e. The van der Waals surface area contributed by atoms with Crippen molar-refractivity contribution in [3.8, 4) is 0 Å². The molecule has 0 unspecified atom stereocenters. The van der Waals surface area contributed by atoms with E-state index in [0.29, 0.717) is 34.0 Å². The van der Waals surface area contributed by atoms with Gasteiger partial charge in [0.15, 0.2) is 0 Å². The first kappa shape index (κ1) is 19.6. The molecule has 7 heteroatoms. The lowest BCUT2D eigenvalue weighted by molar-refractivity contribution is 0.0601. The number of nitrogens with zero attached hydrogens (tertiary/aromatic N) is 2. The van der Waals surface area contributed by atoms with Gasteiger partial charge < -0.3 is 15.4 Å². The van der Waals surface area contributed by atoms with Crippen LogP contribution in [0.1, 0.15) is 35.7 Å². The van der Waals surface area contributed by atoms with E-state index in [4.69, 9.17) is 16.3 Å². The Morgan fingerprint density at radius 3 is 2.61 bits per heavy atom. The first-order valence-electron chi connectivity index (χ1n) is 8.82. The number of methoxy groups -OCH3 is 1. The summed E-state index contributed by atoms with van der Waals surface area (Å²) in [5, 5.41) is 6.83. The summed E-state index contributed by atoms with van der Waals surface area (Å²) in [6, 6.07) is 14.7. The van der Waals surface area contributed by atoms with Crippen LogP contribution >= 0.6 is 11.6 Å². The first-order valence-corrected chi connectivity index (χ1v) is 9.19. The molecule has 28 heavy (non-hydrogen) atoms. The van der Waals surface area contributed by atoms with Crippen LogP contribution in [0.2, 0.25) is 5.02 Å². The monoisotopic (exact) mass is 396 g/mol. The van der Waals surface area contributed by atoms with Crippen LogP contribution in [-0.4, -0.2) is 23.0 Å². The summed E-state index contributed by atoms with van der Waals surface area (Å²) in [6.07, 6.45) is 1.65. The van der Waals surface area contributed by atoms with E-state index >= 15 is 0 Å². The number of benzene rings is 2.